The van der Waals surface area contributed by atoms with E-state index in [2.05, 4.69) is 15.3 Å². The highest BCUT2D eigenvalue weighted by Crippen LogP contribution is 2.29. The van der Waals surface area contributed by atoms with Crippen molar-refractivity contribution in [2.75, 3.05) is 13.6 Å². The SMILES string of the molecule is CN(C[C@H](F)CCC(=O)NCc1cc(-c2ccc(C(F)(F)F)nc2)c(F)cn1)S(=O)(=O)c1ccc(F)cc1. The van der Waals surface area contributed by atoms with Crippen LogP contribution >= 0.6 is 0 Å². The molecule has 1 atom stereocenters. The van der Waals surface area contributed by atoms with Gasteiger partial charge < -0.3 is 5.32 Å². The van der Waals surface area contributed by atoms with Crippen molar-refractivity contribution in [3.63, 3.8) is 0 Å². The zero-order chi connectivity index (χ0) is 28.1. The summed E-state index contributed by atoms with van der Waals surface area (Å²) in [6, 6.07) is 7.08. The highest BCUT2D eigenvalue weighted by Gasteiger charge is 2.32. The monoisotopic (exact) mass is 560 g/mol. The summed E-state index contributed by atoms with van der Waals surface area (Å²) in [4.78, 5) is 19.1. The first kappa shape index (κ1) is 29.0. The number of carbonyl (C=O) groups excluding carboxylic acids is 1. The van der Waals surface area contributed by atoms with Gasteiger partial charge in [-0.3, -0.25) is 14.8 Å². The molecule has 38 heavy (non-hydrogen) atoms. The van der Waals surface area contributed by atoms with Crippen molar-refractivity contribution >= 4 is 15.9 Å². The summed E-state index contributed by atoms with van der Waals surface area (Å²) >= 11 is 0. The highest BCUT2D eigenvalue weighted by molar-refractivity contribution is 7.89. The van der Waals surface area contributed by atoms with Gasteiger partial charge in [-0.15, -0.1) is 0 Å². The molecule has 1 N–H and O–H groups in total. The fourth-order valence-electron chi connectivity index (χ4n) is 3.34. The van der Waals surface area contributed by atoms with Crippen LogP contribution in [0.3, 0.4) is 0 Å². The molecule has 0 unspecified atom stereocenters. The Morgan fingerprint density at radius 3 is 2.34 bits per heavy atom. The Hall–Kier alpha value is -3.52. The molecule has 0 saturated carbocycles. The second-order valence-electron chi connectivity index (χ2n) is 8.24. The summed E-state index contributed by atoms with van der Waals surface area (Å²) in [6.07, 6.45) is -5.18. The summed E-state index contributed by atoms with van der Waals surface area (Å²) in [5.74, 6) is -2.01. The standard InChI is InChI=1S/C24H22F6N4O3S/c1-34(38(36,37)19-6-3-16(25)4-7-19)14-17(26)5-9-23(35)33-12-18-10-20(21(27)13-31-18)15-2-8-22(32-11-15)24(28,29)30/h2-4,6-8,10-11,13,17H,5,9,12,14H2,1H3,(H,33,35)/t17-/m1/s1. The zero-order valence-corrected chi connectivity index (χ0v) is 20.7. The van der Waals surface area contributed by atoms with Gasteiger partial charge >= 0.3 is 6.18 Å². The number of hydrogen-bond donors (Lipinski definition) is 1. The third-order valence-corrected chi connectivity index (χ3v) is 7.24. The molecule has 0 fully saturated rings. The van der Waals surface area contributed by atoms with Crippen molar-refractivity contribution < 1.29 is 39.6 Å². The van der Waals surface area contributed by atoms with Gasteiger partial charge in [-0.2, -0.15) is 17.5 Å². The predicted molar refractivity (Wildman–Crippen MR) is 125 cm³/mol. The van der Waals surface area contributed by atoms with Crippen LogP contribution in [0.4, 0.5) is 26.3 Å². The minimum Gasteiger partial charge on any atom is -0.350 e. The van der Waals surface area contributed by atoms with Gasteiger partial charge in [-0.05, 0) is 42.8 Å². The van der Waals surface area contributed by atoms with Crippen molar-refractivity contribution in [1.82, 2.24) is 19.6 Å². The van der Waals surface area contributed by atoms with E-state index < -0.39 is 52.2 Å². The van der Waals surface area contributed by atoms with Gasteiger partial charge in [0.2, 0.25) is 15.9 Å². The zero-order valence-electron chi connectivity index (χ0n) is 19.8. The molecule has 14 heteroatoms. The van der Waals surface area contributed by atoms with E-state index in [0.717, 1.165) is 54.1 Å². The summed E-state index contributed by atoms with van der Waals surface area (Å²) in [5, 5.41) is 2.47. The number of benzene rings is 1. The molecular weight excluding hydrogens is 538 g/mol. The van der Waals surface area contributed by atoms with Crippen LogP contribution in [0.1, 0.15) is 24.2 Å². The van der Waals surface area contributed by atoms with Crippen LogP contribution in [0.15, 0.2) is 59.8 Å². The second-order valence-corrected chi connectivity index (χ2v) is 10.3. The average Bonchev–Trinajstić information content (AvgIpc) is 2.86. The summed E-state index contributed by atoms with van der Waals surface area (Å²) in [5.41, 5.74) is -0.935. The molecule has 0 saturated heterocycles. The Morgan fingerprint density at radius 2 is 1.74 bits per heavy atom. The Labute approximate surface area is 214 Å². The lowest BCUT2D eigenvalue weighted by molar-refractivity contribution is -0.141. The molecular formula is C24H22F6N4O3S. The maximum Gasteiger partial charge on any atom is 0.433 e. The van der Waals surface area contributed by atoms with Gasteiger partial charge in [0.15, 0.2) is 0 Å². The van der Waals surface area contributed by atoms with E-state index in [9.17, 15) is 39.6 Å². The second kappa shape index (κ2) is 11.9. The maximum atomic E-state index is 14.4. The molecule has 2 heterocycles. The molecule has 1 amide bonds. The van der Waals surface area contributed by atoms with Gasteiger partial charge in [0.25, 0.3) is 0 Å². The molecule has 0 bridgehead atoms. The average molecular weight is 561 g/mol. The minimum atomic E-state index is -4.64. The first-order valence-corrected chi connectivity index (χ1v) is 12.5. The molecule has 1 aromatic carbocycles. The number of nitrogens with zero attached hydrogens (tertiary/aromatic N) is 3. The number of hydrogen-bond acceptors (Lipinski definition) is 5. The number of amides is 1. The highest BCUT2D eigenvalue weighted by atomic mass is 32.2. The number of halogens is 6. The van der Waals surface area contributed by atoms with Gasteiger partial charge in [0, 0.05) is 37.3 Å². The van der Waals surface area contributed by atoms with E-state index in [0.29, 0.717) is 6.07 Å². The third-order valence-electron chi connectivity index (χ3n) is 5.41. The fraction of sp³-hybridized carbons (Fsp3) is 0.292. The molecule has 204 valence electrons. The first-order chi connectivity index (χ1) is 17.8. The van der Waals surface area contributed by atoms with Gasteiger partial charge in [-0.25, -0.2) is 21.6 Å². The van der Waals surface area contributed by atoms with Crippen molar-refractivity contribution in [3.8, 4) is 11.1 Å². The van der Waals surface area contributed by atoms with Crippen molar-refractivity contribution in [1.29, 1.82) is 0 Å². The minimum absolute atomic E-state index is 0.0697. The molecule has 0 radical (unpaired) electrons. The van der Waals surface area contributed by atoms with E-state index in [1.807, 2.05) is 0 Å². The molecule has 0 aliphatic carbocycles. The number of aromatic nitrogens is 2. The Bertz CT molecular complexity index is 1370. The van der Waals surface area contributed by atoms with Crippen LogP contribution in [-0.2, 0) is 27.5 Å². The Balaban J connectivity index is 1.52. The van der Waals surface area contributed by atoms with Crippen molar-refractivity contribution in [2.45, 2.75) is 36.6 Å². The molecule has 2 aromatic heterocycles. The van der Waals surface area contributed by atoms with Crippen LogP contribution in [-0.4, -0.2) is 48.4 Å². The molecule has 3 rings (SSSR count). The summed E-state index contributed by atoms with van der Waals surface area (Å²) in [6.45, 7) is -0.701. The number of carbonyl (C=O) groups is 1. The van der Waals surface area contributed by atoms with Crippen LogP contribution < -0.4 is 5.32 Å². The molecule has 0 aliphatic rings. The molecule has 0 spiro atoms. The molecule has 3 aromatic rings. The van der Waals surface area contributed by atoms with Crippen molar-refractivity contribution in [2.24, 2.45) is 0 Å². The van der Waals surface area contributed by atoms with Crippen LogP contribution in [0.2, 0.25) is 0 Å². The lowest BCUT2D eigenvalue weighted by Crippen LogP contribution is -2.33. The number of pyridine rings is 2. The molecule has 0 aliphatic heterocycles. The lowest BCUT2D eigenvalue weighted by atomic mass is 10.1. The summed E-state index contributed by atoms with van der Waals surface area (Å²) in [7, 11) is -2.89. The van der Waals surface area contributed by atoms with E-state index in [1.165, 1.54) is 6.07 Å². The van der Waals surface area contributed by atoms with E-state index in [1.54, 1.807) is 0 Å². The largest absolute Gasteiger partial charge is 0.433 e. The van der Waals surface area contributed by atoms with E-state index in [-0.39, 0.29) is 41.1 Å². The summed E-state index contributed by atoms with van der Waals surface area (Å²) < 4.78 is 105. The first-order valence-electron chi connectivity index (χ1n) is 11.1. The topological polar surface area (TPSA) is 92.3 Å². The third kappa shape index (κ3) is 7.51. The van der Waals surface area contributed by atoms with Gasteiger partial charge in [0.05, 0.1) is 23.3 Å². The van der Waals surface area contributed by atoms with E-state index in [4.69, 9.17) is 0 Å². The van der Waals surface area contributed by atoms with Gasteiger partial charge in [0.1, 0.15) is 23.5 Å². The molecule has 7 nitrogen and oxygen atoms in total. The van der Waals surface area contributed by atoms with Crippen LogP contribution in [0.5, 0.6) is 0 Å². The normalized spacial score (nSPS) is 12.9. The smallest absolute Gasteiger partial charge is 0.350 e. The quantitative estimate of drug-likeness (QED) is 0.369. The number of alkyl halides is 4. The van der Waals surface area contributed by atoms with Crippen molar-refractivity contribution in [3.05, 3.63) is 77.9 Å². The number of nitrogens with one attached hydrogen (secondary N) is 1. The Kier molecular flexibility index (Phi) is 9.09. The van der Waals surface area contributed by atoms with Crippen LogP contribution in [0, 0.1) is 11.6 Å². The maximum absolute atomic E-state index is 14.4. The Morgan fingerprint density at radius 1 is 1.05 bits per heavy atom. The van der Waals surface area contributed by atoms with Gasteiger partial charge in [-0.1, -0.05) is 6.07 Å². The fourth-order valence-corrected chi connectivity index (χ4v) is 4.54. The lowest BCUT2D eigenvalue weighted by Gasteiger charge is -2.19. The van der Waals surface area contributed by atoms with Crippen LogP contribution in [0.25, 0.3) is 11.1 Å². The number of rotatable bonds is 10. The number of sulfonamides is 1. The van der Waals surface area contributed by atoms with E-state index >= 15 is 0 Å². The predicted octanol–water partition coefficient (Wildman–Crippen LogP) is 4.50.